The Bertz CT molecular complexity index is 610. The number of nitrogens with zero attached hydrogens (tertiary/aromatic N) is 5. The maximum Gasteiger partial charge on any atom is 0.147 e. The van der Waals surface area contributed by atoms with Crippen molar-refractivity contribution in [2.24, 2.45) is 10.9 Å². The highest BCUT2D eigenvalue weighted by Crippen LogP contribution is 2.23. The van der Waals surface area contributed by atoms with Gasteiger partial charge in [0.25, 0.3) is 0 Å². The second-order valence-electron chi connectivity index (χ2n) is 6.04. The van der Waals surface area contributed by atoms with Crippen LogP contribution in [-0.2, 0) is 0 Å². The molecule has 0 N–H and O–H groups in total. The molecule has 1 aliphatic rings. The van der Waals surface area contributed by atoms with E-state index in [0.29, 0.717) is 5.92 Å². The lowest BCUT2D eigenvalue weighted by molar-refractivity contribution is 0.331. The fourth-order valence-electron chi connectivity index (χ4n) is 2.80. The SMILES string of the molecule is CC(C)C(/N=C/N1CCCCC1)n1nnc2ccccc21. The van der Waals surface area contributed by atoms with Crippen molar-refractivity contribution in [1.29, 1.82) is 0 Å². The first kappa shape index (κ1) is 14.0. The third-order valence-corrected chi connectivity index (χ3v) is 4.00. The molecule has 0 spiro atoms. The highest BCUT2D eigenvalue weighted by atomic mass is 15.5. The van der Waals surface area contributed by atoms with Crippen LogP contribution in [0.25, 0.3) is 11.0 Å². The zero-order valence-electron chi connectivity index (χ0n) is 12.8. The topological polar surface area (TPSA) is 46.3 Å². The van der Waals surface area contributed by atoms with Gasteiger partial charge in [-0.05, 0) is 37.3 Å². The molecule has 3 rings (SSSR count). The molecule has 5 heteroatoms. The van der Waals surface area contributed by atoms with Crippen LogP contribution in [0.2, 0.25) is 0 Å². The van der Waals surface area contributed by atoms with Gasteiger partial charge in [0.2, 0.25) is 0 Å². The Balaban J connectivity index is 1.85. The van der Waals surface area contributed by atoms with E-state index in [-0.39, 0.29) is 6.17 Å². The van der Waals surface area contributed by atoms with E-state index in [4.69, 9.17) is 4.99 Å². The summed E-state index contributed by atoms with van der Waals surface area (Å²) in [7, 11) is 0. The Morgan fingerprint density at radius 3 is 2.67 bits per heavy atom. The van der Waals surface area contributed by atoms with Crippen LogP contribution in [0.4, 0.5) is 0 Å². The fourth-order valence-corrected chi connectivity index (χ4v) is 2.80. The molecule has 21 heavy (non-hydrogen) atoms. The molecular formula is C16H23N5. The van der Waals surface area contributed by atoms with Crippen LogP contribution in [0.5, 0.6) is 0 Å². The van der Waals surface area contributed by atoms with Crippen molar-refractivity contribution >= 4 is 17.4 Å². The summed E-state index contributed by atoms with van der Waals surface area (Å²) in [6, 6.07) is 8.06. The van der Waals surface area contributed by atoms with Crippen molar-refractivity contribution in [2.75, 3.05) is 13.1 Å². The summed E-state index contributed by atoms with van der Waals surface area (Å²) < 4.78 is 1.94. The van der Waals surface area contributed by atoms with Crippen LogP contribution in [0.3, 0.4) is 0 Å². The van der Waals surface area contributed by atoms with Crippen molar-refractivity contribution < 1.29 is 0 Å². The Morgan fingerprint density at radius 1 is 1.14 bits per heavy atom. The van der Waals surface area contributed by atoms with Gasteiger partial charge in [0.05, 0.1) is 11.9 Å². The maximum atomic E-state index is 4.80. The number of hydrogen-bond donors (Lipinski definition) is 0. The molecule has 1 aromatic heterocycles. The van der Waals surface area contributed by atoms with Gasteiger partial charge in [-0.15, -0.1) is 5.10 Å². The molecule has 112 valence electrons. The third kappa shape index (κ3) is 3.06. The molecule has 1 fully saturated rings. The zero-order valence-corrected chi connectivity index (χ0v) is 12.8. The van der Waals surface area contributed by atoms with Crippen molar-refractivity contribution in [2.45, 2.75) is 39.3 Å². The minimum absolute atomic E-state index is 0.000624. The maximum absolute atomic E-state index is 4.80. The molecule has 0 saturated carbocycles. The minimum atomic E-state index is -0.000624. The molecule has 5 nitrogen and oxygen atoms in total. The predicted octanol–water partition coefficient (Wildman–Crippen LogP) is 3.10. The highest BCUT2D eigenvalue weighted by molar-refractivity contribution is 5.74. The molecule has 1 aromatic carbocycles. The summed E-state index contributed by atoms with van der Waals surface area (Å²) in [5.41, 5.74) is 1.98. The number of aliphatic imine (C=N–C) groups is 1. The molecule has 2 aromatic rings. The van der Waals surface area contributed by atoms with Gasteiger partial charge in [-0.3, -0.25) is 0 Å². The van der Waals surface area contributed by atoms with Gasteiger partial charge in [-0.2, -0.15) is 0 Å². The van der Waals surface area contributed by atoms with Crippen LogP contribution < -0.4 is 0 Å². The Labute approximate surface area is 125 Å². The predicted molar refractivity (Wildman–Crippen MR) is 85.3 cm³/mol. The quantitative estimate of drug-likeness (QED) is 0.640. The fraction of sp³-hybridized carbons (Fsp3) is 0.562. The van der Waals surface area contributed by atoms with Crippen molar-refractivity contribution in [3.05, 3.63) is 24.3 Å². The summed E-state index contributed by atoms with van der Waals surface area (Å²) in [4.78, 5) is 7.12. The molecule has 1 atom stereocenters. The van der Waals surface area contributed by atoms with Gasteiger partial charge < -0.3 is 4.90 Å². The minimum Gasteiger partial charge on any atom is -0.363 e. The monoisotopic (exact) mass is 285 g/mol. The van der Waals surface area contributed by atoms with Crippen molar-refractivity contribution in [3.63, 3.8) is 0 Å². The van der Waals surface area contributed by atoms with Crippen LogP contribution >= 0.6 is 0 Å². The molecule has 1 unspecified atom stereocenters. The van der Waals surface area contributed by atoms with Gasteiger partial charge >= 0.3 is 0 Å². The van der Waals surface area contributed by atoms with Crippen molar-refractivity contribution in [1.82, 2.24) is 19.9 Å². The van der Waals surface area contributed by atoms with E-state index < -0.39 is 0 Å². The summed E-state index contributed by atoms with van der Waals surface area (Å²) in [5.74, 6) is 0.371. The number of para-hydroxylation sites is 1. The Hall–Kier alpha value is -1.91. The summed E-state index contributed by atoms with van der Waals surface area (Å²) >= 11 is 0. The summed E-state index contributed by atoms with van der Waals surface area (Å²) in [6.07, 6.45) is 5.89. The van der Waals surface area contributed by atoms with E-state index in [1.165, 1.54) is 19.3 Å². The molecule has 0 amide bonds. The number of fused-ring (bicyclic) bond motifs is 1. The van der Waals surface area contributed by atoms with Gasteiger partial charge in [-0.1, -0.05) is 31.2 Å². The molecule has 0 bridgehead atoms. The normalized spacial score (nSPS) is 18.0. The second kappa shape index (κ2) is 6.24. The van der Waals surface area contributed by atoms with Crippen LogP contribution in [0.1, 0.15) is 39.3 Å². The zero-order chi connectivity index (χ0) is 14.7. The second-order valence-corrected chi connectivity index (χ2v) is 6.04. The Kier molecular flexibility index (Phi) is 4.18. The highest BCUT2D eigenvalue weighted by Gasteiger charge is 2.18. The van der Waals surface area contributed by atoms with Crippen LogP contribution in [-0.4, -0.2) is 39.3 Å². The molecule has 0 aliphatic carbocycles. The largest absolute Gasteiger partial charge is 0.363 e. The van der Waals surface area contributed by atoms with Gasteiger partial charge in [-0.25, -0.2) is 9.67 Å². The average molecular weight is 285 g/mol. The van der Waals surface area contributed by atoms with Crippen LogP contribution in [0.15, 0.2) is 29.3 Å². The number of hydrogen-bond acceptors (Lipinski definition) is 3. The first-order chi connectivity index (χ1) is 10.3. The van der Waals surface area contributed by atoms with E-state index in [9.17, 15) is 0 Å². The van der Waals surface area contributed by atoms with E-state index in [2.05, 4.69) is 35.1 Å². The van der Waals surface area contributed by atoms with E-state index >= 15 is 0 Å². The number of piperidine rings is 1. The molecule has 1 aliphatic heterocycles. The smallest absolute Gasteiger partial charge is 0.147 e. The van der Waals surface area contributed by atoms with Gasteiger partial charge in [0.1, 0.15) is 11.7 Å². The van der Waals surface area contributed by atoms with Gasteiger partial charge in [0.15, 0.2) is 0 Å². The van der Waals surface area contributed by atoms with E-state index in [0.717, 1.165) is 24.1 Å². The average Bonchev–Trinajstić information content (AvgIpc) is 2.92. The lowest BCUT2D eigenvalue weighted by Gasteiger charge is -2.25. The lowest BCUT2D eigenvalue weighted by Crippen LogP contribution is -2.29. The number of rotatable bonds is 4. The summed E-state index contributed by atoms with van der Waals surface area (Å²) in [5, 5.41) is 8.56. The third-order valence-electron chi connectivity index (χ3n) is 4.00. The van der Waals surface area contributed by atoms with E-state index in [1.54, 1.807) is 0 Å². The first-order valence-electron chi connectivity index (χ1n) is 7.83. The lowest BCUT2D eigenvalue weighted by atomic mass is 10.1. The molecule has 1 saturated heterocycles. The standard InChI is InChI=1S/C16H23N5/c1-13(2)16(17-12-20-10-6-3-7-11-20)21-15-9-5-4-8-14(15)18-19-21/h4-5,8-9,12-13,16H,3,6-7,10-11H2,1-2H3/b17-12+. The Morgan fingerprint density at radius 2 is 1.90 bits per heavy atom. The van der Waals surface area contributed by atoms with Crippen LogP contribution in [0, 0.1) is 5.92 Å². The van der Waals surface area contributed by atoms with Crippen molar-refractivity contribution in [3.8, 4) is 0 Å². The first-order valence-corrected chi connectivity index (χ1v) is 7.83. The number of aromatic nitrogens is 3. The summed E-state index contributed by atoms with van der Waals surface area (Å²) in [6.45, 7) is 6.59. The van der Waals surface area contributed by atoms with E-state index in [1.807, 2.05) is 29.2 Å². The molecule has 2 heterocycles. The molecule has 0 radical (unpaired) electrons. The number of likely N-dealkylation sites (tertiary alicyclic amines) is 1. The number of benzene rings is 1. The molecular weight excluding hydrogens is 262 g/mol. The van der Waals surface area contributed by atoms with Gasteiger partial charge in [0, 0.05) is 13.1 Å².